The van der Waals surface area contributed by atoms with Gasteiger partial charge in [-0.1, -0.05) is 25.7 Å². The van der Waals surface area contributed by atoms with Gasteiger partial charge in [-0.15, -0.1) is 0 Å². The first-order chi connectivity index (χ1) is 30.0. The maximum Gasteiger partial charge on any atom is 0.432 e. The third-order valence-electron chi connectivity index (χ3n) is 9.11. The van der Waals surface area contributed by atoms with Crippen molar-refractivity contribution in [1.82, 2.24) is 0 Å². The van der Waals surface area contributed by atoms with Gasteiger partial charge in [0.25, 0.3) is 0 Å². The summed E-state index contributed by atoms with van der Waals surface area (Å²) >= 11 is 0. The van der Waals surface area contributed by atoms with Crippen LogP contribution in [-0.2, 0) is 24.6 Å². The lowest BCUT2D eigenvalue weighted by molar-refractivity contribution is -0.190. The van der Waals surface area contributed by atoms with Crippen LogP contribution in [0.4, 0.5) is 87.8 Å². The van der Waals surface area contributed by atoms with Gasteiger partial charge >= 0.3 is 24.6 Å². The van der Waals surface area contributed by atoms with Gasteiger partial charge in [-0.25, -0.2) is 43.9 Å². The van der Waals surface area contributed by atoms with Gasteiger partial charge < -0.3 is 18.9 Å². The van der Waals surface area contributed by atoms with Crippen molar-refractivity contribution in [2.24, 2.45) is 0 Å². The number of unbranched alkanes of at least 4 members (excludes halogenated alkanes) is 6. The summed E-state index contributed by atoms with van der Waals surface area (Å²) in [7, 11) is 0. The number of halogens is 20. The molecule has 0 heterocycles. The molecule has 0 aliphatic rings. The van der Waals surface area contributed by atoms with E-state index in [1.807, 2.05) is 0 Å². The Morgan fingerprint density at radius 2 is 0.554 bits per heavy atom. The van der Waals surface area contributed by atoms with Gasteiger partial charge in [0.2, 0.25) is 5.92 Å². The van der Waals surface area contributed by atoms with Gasteiger partial charge in [0.1, 0.15) is 91.8 Å². The molecule has 0 unspecified atom stereocenters. The molecule has 24 heteroatoms. The summed E-state index contributed by atoms with van der Waals surface area (Å²) in [4.78, 5) is 0. The van der Waals surface area contributed by atoms with Gasteiger partial charge in [-0.3, -0.25) is 0 Å². The molecular formula is C41H32F20O4. The average molecular weight is 969 g/mol. The zero-order valence-electron chi connectivity index (χ0n) is 32.8. The molecule has 4 nitrogen and oxygen atoms in total. The van der Waals surface area contributed by atoms with Crippen LogP contribution in [0.3, 0.4) is 0 Å². The fourth-order valence-electron chi connectivity index (χ4n) is 6.16. The Balaban J connectivity index is 1.12. The number of rotatable bonds is 22. The molecule has 4 aromatic rings. The lowest BCUT2D eigenvalue weighted by Gasteiger charge is -2.20. The maximum absolute atomic E-state index is 14.6. The van der Waals surface area contributed by atoms with E-state index < -0.39 is 135 Å². The number of ether oxygens (including phenoxy) is 4. The summed E-state index contributed by atoms with van der Waals surface area (Å²) in [5.41, 5.74) is -8.91. The SMILES string of the molecule is Fc1cc(OC(F)(F)c2c(F)cc(OCCCCCCC(F)(F)CCCCCCOc3cc(F)c(C(F)(F)Oc4cc(F)c(C(F)(F)F)c(F)c4)c(F)c3)cc2F)cc(F)c1C(F)(F)F. The lowest BCUT2D eigenvalue weighted by Crippen LogP contribution is -2.25. The topological polar surface area (TPSA) is 36.9 Å². The van der Waals surface area contributed by atoms with E-state index >= 15 is 0 Å². The Hall–Kier alpha value is -5.32. The first-order valence-corrected chi connectivity index (χ1v) is 18.9. The molecule has 0 spiro atoms. The van der Waals surface area contributed by atoms with Crippen LogP contribution in [0.5, 0.6) is 23.0 Å². The Morgan fingerprint density at radius 1 is 0.308 bits per heavy atom. The summed E-state index contributed by atoms with van der Waals surface area (Å²) in [6.45, 7) is -0.479. The van der Waals surface area contributed by atoms with Crippen molar-refractivity contribution >= 4 is 0 Å². The van der Waals surface area contributed by atoms with Crippen molar-refractivity contribution in [1.29, 1.82) is 0 Å². The molecule has 0 aliphatic heterocycles. The molecule has 360 valence electrons. The largest absolute Gasteiger partial charge is 0.493 e. The molecule has 0 fully saturated rings. The molecule has 0 saturated heterocycles. The van der Waals surface area contributed by atoms with E-state index in [4.69, 9.17) is 9.47 Å². The van der Waals surface area contributed by atoms with Crippen LogP contribution < -0.4 is 18.9 Å². The van der Waals surface area contributed by atoms with E-state index in [1.54, 1.807) is 0 Å². The van der Waals surface area contributed by atoms with E-state index in [1.165, 1.54) is 0 Å². The Kier molecular flexibility index (Phi) is 16.8. The van der Waals surface area contributed by atoms with Gasteiger partial charge in [0.05, 0.1) is 13.2 Å². The molecule has 0 amide bonds. The monoisotopic (exact) mass is 968 g/mol. The van der Waals surface area contributed by atoms with Crippen molar-refractivity contribution < 1.29 is 107 Å². The van der Waals surface area contributed by atoms with Gasteiger partial charge in [0, 0.05) is 61.4 Å². The second-order valence-corrected chi connectivity index (χ2v) is 14.2. The van der Waals surface area contributed by atoms with Crippen LogP contribution in [0.2, 0.25) is 0 Å². The van der Waals surface area contributed by atoms with Crippen LogP contribution in [0.15, 0.2) is 48.5 Å². The van der Waals surface area contributed by atoms with Crippen LogP contribution >= 0.6 is 0 Å². The van der Waals surface area contributed by atoms with E-state index in [-0.39, 0.29) is 76.0 Å². The van der Waals surface area contributed by atoms with Crippen molar-refractivity contribution in [3.8, 4) is 23.0 Å². The molecule has 0 atom stereocenters. The van der Waals surface area contributed by atoms with Crippen LogP contribution in [-0.4, -0.2) is 19.1 Å². The van der Waals surface area contributed by atoms with E-state index in [0.29, 0.717) is 37.1 Å². The summed E-state index contributed by atoms with van der Waals surface area (Å²) in [5.74, 6) is -24.3. The number of hydrogen-bond acceptors (Lipinski definition) is 4. The molecule has 0 aliphatic carbocycles. The van der Waals surface area contributed by atoms with E-state index in [2.05, 4.69) is 9.47 Å². The van der Waals surface area contributed by atoms with Gasteiger partial charge in [-0.05, 0) is 25.7 Å². The zero-order chi connectivity index (χ0) is 48.7. The first-order valence-electron chi connectivity index (χ1n) is 18.9. The Labute approximate surface area is 355 Å². The van der Waals surface area contributed by atoms with Crippen molar-refractivity contribution in [3.05, 3.63) is 117 Å². The van der Waals surface area contributed by atoms with Crippen LogP contribution in [0.1, 0.15) is 86.5 Å². The van der Waals surface area contributed by atoms with E-state index in [9.17, 15) is 87.8 Å². The Bertz CT molecular complexity index is 2010. The highest BCUT2D eigenvalue weighted by Gasteiger charge is 2.45. The molecule has 0 saturated carbocycles. The molecular weight excluding hydrogens is 936 g/mol. The summed E-state index contributed by atoms with van der Waals surface area (Å²) in [6.07, 6.45) is -20.5. The average Bonchev–Trinajstić information content (AvgIpc) is 3.11. The quantitative estimate of drug-likeness (QED) is 0.0581. The molecule has 4 aromatic carbocycles. The third kappa shape index (κ3) is 14.3. The van der Waals surface area contributed by atoms with Gasteiger partial charge in [-0.2, -0.15) is 43.9 Å². The molecule has 0 N–H and O–H groups in total. The maximum atomic E-state index is 14.6. The van der Waals surface area contributed by atoms with Crippen molar-refractivity contribution in [2.75, 3.05) is 13.2 Å². The molecule has 0 radical (unpaired) electrons. The van der Waals surface area contributed by atoms with E-state index in [0.717, 1.165) is 0 Å². The lowest BCUT2D eigenvalue weighted by atomic mass is 10.0. The normalized spacial score (nSPS) is 12.7. The third-order valence-corrected chi connectivity index (χ3v) is 9.11. The number of benzene rings is 4. The highest BCUT2D eigenvalue weighted by atomic mass is 19.4. The van der Waals surface area contributed by atoms with Gasteiger partial charge in [0.15, 0.2) is 0 Å². The fraction of sp³-hybridized carbons (Fsp3) is 0.415. The number of alkyl halides is 12. The predicted octanol–water partition coefficient (Wildman–Crippen LogP) is 15.1. The zero-order valence-corrected chi connectivity index (χ0v) is 32.8. The molecule has 0 aromatic heterocycles. The first kappa shape index (κ1) is 52.3. The van der Waals surface area contributed by atoms with Crippen LogP contribution in [0.25, 0.3) is 0 Å². The van der Waals surface area contributed by atoms with Crippen molar-refractivity contribution in [2.45, 2.75) is 94.7 Å². The summed E-state index contributed by atoms with van der Waals surface area (Å²) < 4.78 is 295. The van der Waals surface area contributed by atoms with Crippen molar-refractivity contribution in [3.63, 3.8) is 0 Å². The number of hydrogen-bond donors (Lipinski definition) is 0. The minimum Gasteiger partial charge on any atom is -0.493 e. The second-order valence-electron chi connectivity index (χ2n) is 14.2. The smallest absolute Gasteiger partial charge is 0.432 e. The minimum atomic E-state index is -5.53. The fourth-order valence-corrected chi connectivity index (χ4v) is 6.16. The Morgan fingerprint density at radius 3 is 0.831 bits per heavy atom. The summed E-state index contributed by atoms with van der Waals surface area (Å²) in [5, 5.41) is 0. The minimum absolute atomic E-state index is 0.0523. The summed E-state index contributed by atoms with van der Waals surface area (Å²) in [6, 6.07) is 0.288. The predicted molar refractivity (Wildman–Crippen MR) is 187 cm³/mol. The standard InChI is InChI=1S/C41H32F20O4/c42-25-17-23(18-26(43)33(25)38(52,53)54)64-40(58,59)35-29(46)13-21(14-30(35)47)62-11-7-3-1-5-9-37(50,51)10-6-2-4-8-12-63-22-15-31(48)36(32(49)16-22)41(60,61)65-24-19-27(44)34(28(45)20-24)39(55,56)57/h13-20H,1-12H2. The van der Waals surface area contributed by atoms with Crippen LogP contribution in [0, 0.1) is 46.5 Å². The second kappa shape index (κ2) is 20.9. The molecule has 65 heavy (non-hydrogen) atoms. The molecule has 4 rings (SSSR count). The highest BCUT2D eigenvalue weighted by molar-refractivity contribution is 5.37. The highest BCUT2D eigenvalue weighted by Crippen LogP contribution is 2.42. The molecule has 0 bridgehead atoms.